The molecular formula is C48H45NO4. The van der Waals surface area contributed by atoms with E-state index in [0.717, 1.165) is 70.9 Å². The number of nitrogens with zero attached hydrogens (tertiary/aromatic N) is 1. The van der Waals surface area contributed by atoms with Crippen LogP contribution in [0.4, 0.5) is 5.69 Å². The van der Waals surface area contributed by atoms with Gasteiger partial charge in [-0.25, -0.2) is 0 Å². The van der Waals surface area contributed by atoms with Crippen LogP contribution >= 0.6 is 0 Å². The molecule has 6 aromatic carbocycles. The predicted molar refractivity (Wildman–Crippen MR) is 216 cm³/mol. The number of benzene rings is 6. The molecule has 1 saturated heterocycles. The second kappa shape index (κ2) is 13.2. The number of fused-ring (bicyclic) bond motifs is 8. The normalized spacial score (nSPS) is 18.2. The van der Waals surface area contributed by atoms with Crippen LogP contribution < -0.4 is 19.1 Å². The van der Waals surface area contributed by atoms with E-state index in [-0.39, 0.29) is 5.41 Å². The van der Waals surface area contributed by atoms with Gasteiger partial charge >= 0.3 is 0 Å². The molecule has 53 heavy (non-hydrogen) atoms. The second-order valence-electron chi connectivity index (χ2n) is 14.3. The maximum atomic E-state index is 7.65. The number of rotatable bonds is 8. The van der Waals surface area contributed by atoms with Gasteiger partial charge in [-0.1, -0.05) is 105 Å². The van der Waals surface area contributed by atoms with E-state index in [0.29, 0.717) is 13.2 Å². The lowest BCUT2D eigenvalue weighted by Gasteiger charge is -2.39. The predicted octanol–water partition coefficient (Wildman–Crippen LogP) is 10.8. The van der Waals surface area contributed by atoms with E-state index in [2.05, 4.69) is 134 Å². The summed E-state index contributed by atoms with van der Waals surface area (Å²) in [5, 5.41) is 2.23. The monoisotopic (exact) mass is 699 g/mol. The highest BCUT2D eigenvalue weighted by molar-refractivity contribution is 6.10. The summed E-state index contributed by atoms with van der Waals surface area (Å²) in [5.74, 6) is 2.53. The van der Waals surface area contributed by atoms with Crippen LogP contribution in [0.1, 0.15) is 54.5 Å². The highest BCUT2D eigenvalue weighted by atomic mass is 16.5. The van der Waals surface area contributed by atoms with Gasteiger partial charge in [0, 0.05) is 40.6 Å². The van der Waals surface area contributed by atoms with Gasteiger partial charge in [-0.2, -0.15) is 0 Å². The Balaban J connectivity index is 1.37. The molecule has 266 valence electrons. The first kappa shape index (κ1) is 33.3. The van der Waals surface area contributed by atoms with Crippen LogP contribution in [0.3, 0.4) is 0 Å². The molecule has 0 N–H and O–H groups in total. The Morgan fingerprint density at radius 1 is 0.698 bits per heavy atom. The van der Waals surface area contributed by atoms with Crippen LogP contribution in [0.15, 0.2) is 121 Å². The molecule has 1 atom stereocenters. The number of hydrogen-bond acceptors (Lipinski definition) is 5. The third-order valence-electron chi connectivity index (χ3n) is 12.0. The third kappa shape index (κ3) is 5.08. The van der Waals surface area contributed by atoms with Crippen LogP contribution in [0, 0.1) is 0 Å². The SMILES string of the molecule is CCC1(CC)c2cc(-c3ccccc3)ccc2-c2c1c1c(c3cc(OC)c(N4CCOCC4)cc23)OC(c2ccccc2)(c2ccc(OC)cc2)C=C1. The highest BCUT2D eigenvalue weighted by Crippen LogP contribution is 2.61. The van der Waals surface area contributed by atoms with E-state index in [9.17, 15) is 0 Å². The number of methoxy groups -OCH3 is 2. The van der Waals surface area contributed by atoms with E-state index >= 15 is 0 Å². The van der Waals surface area contributed by atoms with Crippen LogP contribution in [0.25, 0.3) is 39.1 Å². The molecule has 3 aliphatic rings. The first-order chi connectivity index (χ1) is 26.0. The molecule has 0 spiro atoms. The first-order valence-electron chi connectivity index (χ1n) is 18.9. The minimum atomic E-state index is -0.870. The average Bonchev–Trinajstić information content (AvgIpc) is 3.54. The summed E-state index contributed by atoms with van der Waals surface area (Å²) in [7, 11) is 3.48. The van der Waals surface area contributed by atoms with Gasteiger partial charge < -0.3 is 23.8 Å². The van der Waals surface area contributed by atoms with Crippen molar-refractivity contribution in [3.63, 3.8) is 0 Å². The Morgan fingerprint density at radius 2 is 1.40 bits per heavy atom. The van der Waals surface area contributed by atoms with Gasteiger partial charge in [-0.3, -0.25) is 0 Å². The molecule has 1 unspecified atom stereocenters. The summed E-state index contributed by atoms with van der Waals surface area (Å²) in [6, 6.07) is 41.3. The van der Waals surface area contributed by atoms with Crippen molar-refractivity contribution in [1.82, 2.24) is 0 Å². The van der Waals surface area contributed by atoms with Crippen molar-refractivity contribution < 1.29 is 18.9 Å². The minimum absolute atomic E-state index is 0.215. The topological polar surface area (TPSA) is 40.2 Å². The zero-order valence-electron chi connectivity index (χ0n) is 30.9. The summed E-state index contributed by atoms with van der Waals surface area (Å²) in [6.07, 6.45) is 6.54. The van der Waals surface area contributed by atoms with E-state index in [1.54, 1.807) is 14.2 Å². The van der Waals surface area contributed by atoms with Gasteiger partial charge in [0.2, 0.25) is 0 Å². The van der Waals surface area contributed by atoms with Crippen molar-refractivity contribution in [2.75, 3.05) is 45.4 Å². The van der Waals surface area contributed by atoms with Crippen LogP contribution in [0.2, 0.25) is 0 Å². The fourth-order valence-corrected chi connectivity index (χ4v) is 9.24. The molecule has 0 saturated carbocycles. The first-order valence-corrected chi connectivity index (χ1v) is 18.9. The molecule has 5 nitrogen and oxygen atoms in total. The second-order valence-corrected chi connectivity index (χ2v) is 14.3. The van der Waals surface area contributed by atoms with E-state index in [1.165, 1.54) is 38.8 Å². The van der Waals surface area contributed by atoms with Crippen LogP contribution in [-0.2, 0) is 15.8 Å². The largest absolute Gasteiger partial charge is 0.497 e. The Labute approximate surface area is 312 Å². The van der Waals surface area contributed by atoms with Crippen molar-refractivity contribution >= 4 is 22.5 Å². The molecule has 0 radical (unpaired) electrons. The number of ether oxygens (including phenoxy) is 4. The molecule has 1 fully saturated rings. The number of anilines is 1. The van der Waals surface area contributed by atoms with Crippen LogP contribution in [0.5, 0.6) is 17.2 Å². The summed E-state index contributed by atoms with van der Waals surface area (Å²) in [6.45, 7) is 7.71. The molecular weight excluding hydrogens is 655 g/mol. The summed E-state index contributed by atoms with van der Waals surface area (Å²) in [4.78, 5) is 2.40. The average molecular weight is 700 g/mol. The van der Waals surface area contributed by atoms with E-state index < -0.39 is 5.60 Å². The molecule has 2 aliphatic heterocycles. The Bertz CT molecular complexity index is 2340. The molecule has 1 aliphatic carbocycles. The summed E-state index contributed by atoms with van der Waals surface area (Å²) < 4.78 is 25.2. The molecule has 6 aromatic rings. The van der Waals surface area contributed by atoms with Gasteiger partial charge in [0.1, 0.15) is 17.2 Å². The van der Waals surface area contributed by atoms with Gasteiger partial charge in [-0.05, 0) is 88.0 Å². The van der Waals surface area contributed by atoms with Gasteiger partial charge in [0.05, 0.1) is 33.1 Å². The van der Waals surface area contributed by atoms with Gasteiger partial charge in [0.15, 0.2) is 5.60 Å². The molecule has 5 heteroatoms. The molecule has 0 bridgehead atoms. The van der Waals surface area contributed by atoms with Gasteiger partial charge in [0.25, 0.3) is 0 Å². The summed E-state index contributed by atoms with van der Waals surface area (Å²) in [5.41, 5.74) is 11.1. The number of hydrogen-bond donors (Lipinski definition) is 0. The smallest absolute Gasteiger partial charge is 0.178 e. The zero-order valence-corrected chi connectivity index (χ0v) is 30.9. The fraction of sp³-hybridized carbons (Fsp3) is 0.250. The lowest BCUT2D eigenvalue weighted by atomic mass is 9.70. The lowest BCUT2D eigenvalue weighted by molar-refractivity contribution is 0.122. The standard InChI is InChI=1S/C48H45NO4/c1-5-47(6-2)41-29-33(32-13-9-7-10-14-32)17-22-37(41)44-39-30-42(49-25-27-52-28-26-49)43(51-4)31-40(39)46-38(45(44)47)23-24-48(53-46,34-15-11-8-12-16-34)35-18-20-36(50-3)21-19-35/h7-24,29-31H,5-6,25-28H2,1-4H3. The Morgan fingerprint density at radius 3 is 2.08 bits per heavy atom. The Kier molecular flexibility index (Phi) is 8.27. The van der Waals surface area contributed by atoms with E-state index in [1.807, 2.05) is 12.1 Å². The third-order valence-corrected chi connectivity index (χ3v) is 12.0. The van der Waals surface area contributed by atoms with Crippen molar-refractivity contribution in [2.24, 2.45) is 0 Å². The number of morpholine rings is 1. The lowest BCUT2D eigenvalue weighted by Crippen LogP contribution is -2.36. The van der Waals surface area contributed by atoms with Crippen molar-refractivity contribution in [3.8, 4) is 39.5 Å². The van der Waals surface area contributed by atoms with Crippen molar-refractivity contribution in [1.29, 1.82) is 0 Å². The van der Waals surface area contributed by atoms with Gasteiger partial charge in [-0.15, -0.1) is 0 Å². The molecule has 9 rings (SSSR count). The quantitative estimate of drug-likeness (QED) is 0.158. The van der Waals surface area contributed by atoms with Crippen LogP contribution in [-0.4, -0.2) is 40.5 Å². The highest BCUT2D eigenvalue weighted by Gasteiger charge is 2.47. The Hall–Kier alpha value is -5.52. The molecule has 0 amide bonds. The molecule has 0 aromatic heterocycles. The van der Waals surface area contributed by atoms with E-state index in [4.69, 9.17) is 18.9 Å². The van der Waals surface area contributed by atoms with Crippen molar-refractivity contribution in [2.45, 2.75) is 37.7 Å². The maximum absolute atomic E-state index is 7.65. The fourth-order valence-electron chi connectivity index (χ4n) is 9.24. The zero-order chi connectivity index (χ0) is 36.2. The summed E-state index contributed by atoms with van der Waals surface area (Å²) >= 11 is 0. The maximum Gasteiger partial charge on any atom is 0.178 e. The molecule has 2 heterocycles. The minimum Gasteiger partial charge on any atom is -0.497 e. The van der Waals surface area contributed by atoms with Crippen molar-refractivity contribution in [3.05, 3.63) is 149 Å².